The van der Waals surface area contributed by atoms with Crippen LogP contribution >= 0.6 is 0 Å². The van der Waals surface area contributed by atoms with Crippen molar-refractivity contribution in [2.24, 2.45) is 28.6 Å². The monoisotopic (exact) mass is 568 g/mol. The minimum Gasteiger partial charge on any atom is -0.451 e. The number of Topliss-reactive ketones (excluding diaryl/α,β-unsaturated/α-hetero) is 1. The summed E-state index contributed by atoms with van der Waals surface area (Å²) in [6.07, 6.45) is 2.61. The molecular weight excluding hydrogens is 520 g/mol. The first kappa shape index (κ1) is 30.2. The molecule has 0 amide bonds. The summed E-state index contributed by atoms with van der Waals surface area (Å²) >= 11 is 0. The molecule has 4 aliphatic rings. The van der Waals surface area contributed by atoms with Crippen molar-refractivity contribution in [1.82, 2.24) is 9.78 Å². The molecule has 1 saturated heterocycles. The van der Waals surface area contributed by atoms with E-state index in [-0.39, 0.29) is 35.2 Å². The highest BCUT2D eigenvalue weighted by Gasteiger charge is 2.74. The van der Waals surface area contributed by atoms with Crippen LogP contribution in [0.2, 0.25) is 0 Å². The SMILES string of the molecule is CC1=CC23C(=O)[C@@H](C=C4COC(C)(C)O[C@H]4[C@]2(O)[C@H]1OC(=O)c1c(C)nn(C(C)(C)C)c1C)C(C)(C)[C@@H](C)CC3C. The zero-order chi connectivity index (χ0) is 30.7. The Morgan fingerprint density at radius 1 is 1.12 bits per heavy atom. The number of ether oxygens (including phenoxy) is 3. The number of carbonyl (C=O) groups is 2. The standard InChI is InChI=1S/C33H48N2O6/c1-17-15-32-19(3)13-18(2)30(9,10)23(25(32)36)14-22-16-39-31(11,12)41-27(22)33(32,38)26(17)40-28(37)24-20(4)34-35(21(24)5)29(6,7)8/h14-15,18-19,23,26-27,38H,13,16H2,1-12H3/t18-,19?,23+,26-,27+,32?,33+/m0/s1. The van der Waals surface area contributed by atoms with Gasteiger partial charge in [0.05, 0.1) is 28.9 Å². The summed E-state index contributed by atoms with van der Waals surface area (Å²) in [5.41, 5.74) is -0.874. The first-order valence-electron chi connectivity index (χ1n) is 15.0. The molecule has 8 nitrogen and oxygen atoms in total. The molecule has 3 aliphatic carbocycles. The number of fused-ring (bicyclic) bond motifs is 3. The lowest BCUT2D eigenvalue weighted by atomic mass is 9.59. The van der Waals surface area contributed by atoms with Gasteiger partial charge in [0, 0.05) is 5.92 Å². The largest absolute Gasteiger partial charge is 0.451 e. The van der Waals surface area contributed by atoms with E-state index >= 15 is 0 Å². The predicted octanol–water partition coefficient (Wildman–Crippen LogP) is 5.44. The van der Waals surface area contributed by atoms with Crippen LogP contribution in [0, 0.1) is 42.4 Å². The second-order valence-corrected chi connectivity index (χ2v) is 15.1. The Kier molecular flexibility index (Phi) is 6.70. The van der Waals surface area contributed by atoms with Crippen molar-refractivity contribution in [1.29, 1.82) is 0 Å². The van der Waals surface area contributed by atoms with E-state index in [0.717, 1.165) is 12.0 Å². The predicted molar refractivity (Wildman–Crippen MR) is 155 cm³/mol. The van der Waals surface area contributed by atoms with E-state index in [9.17, 15) is 14.7 Å². The number of carbonyl (C=O) groups excluding carboxylic acids is 2. The number of aromatic nitrogens is 2. The summed E-state index contributed by atoms with van der Waals surface area (Å²) in [5.74, 6) is -2.11. The Balaban J connectivity index is 1.70. The fourth-order valence-corrected chi connectivity index (χ4v) is 8.12. The van der Waals surface area contributed by atoms with Crippen LogP contribution in [-0.2, 0) is 24.5 Å². The molecule has 1 aromatic heterocycles. The highest BCUT2D eigenvalue weighted by molar-refractivity contribution is 5.96. The lowest BCUT2D eigenvalue weighted by Crippen LogP contribution is -2.68. The normalized spacial score (nSPS) is 37.8. The van der Waals surface area contributed by atoms with Gasteiger partial charge in [0.2, 0.25) is 0 Å². The van der Waals surface area contributed by atoms with Crippen molar-refractivity contribution in [2.75, 3.05) is 6.61 Å². The number of aryl methyl sites for hydroxylation is 1. The van der Waals surface area contributed by atoms with Crippen molar-refractivity contribution in [3.05, 3.63) is 40.2 Å². The molecule has 0 radical (unpaired) electrons. The Morgan fingerprint density at radius 2 is 1.76 bits per heavy atom. The van der Waals surface area contributed by atoms with Crippen LogP contribution in [0.4, 0.5) is 0 Å². The molecule has 41 heavy (non-hydrogen) atoms. The quantitative estimate of drug-likeness (QED) is 0.375. The van der Waals surface area contributed by atoms with E-state index in [2.05, 4.69) is 25.9 Å². The van der Waals surface area contributed by atoms with Crippen molar-refractivity contribution in [3.8, 4) is 0 Å². The summed E-state index contributed by atoms with van der Waals surface area (Å²) in [6.45, 7) is 23.9. The van der Waals surface area contributed by atoms with Gasteiger partial charge in [0.25, 0.3) is 0 Å². The van der Waals surface area contributed by atoms with Crippen LogP contribution in [0.1, 0.15) is 97.4 Å². The summed E-state index contributed by atoms with van der Waals surface area (Å²) in [5, 5.41) is 17.9. The fraction of sp³-hybridized carbons (Fsp3) is 0.727. The van der Waals surface area contributed by atoms with Crippen LogP contribution in [0.25, 0.3) is 0 Å². The van der Waals surface area contributed by atoms with Gasteiger partial charge in [-0.15, -0.1) is 0 Å². The molecule has 2 bridgehead atoms. The molecule has 7 atom stereocenters. The number of esters is 1. The van der Waals surface area contributed by atoms with Gasteiger partial charge in [-0.1, -0.05) is 39.8 Å². The van der Waals surface area contributed by atoms with E-state index < -0.39 is 40.9 Å². The Hall–Kier alpha value is -2.29. The maximum atomic E-state index is 14.9. The Labute approximate surface area is 244 Å². The average molecular weight is 569 g/mol. The molecule has 226 valence electrons. The van der Waals surface area contributed by atoms with Gasteiger partial charge in [0.15, 0.2) is 23.3 Å². The number of rotatable bonds is 2. The van der Waals surface area contributed by atoms with Crippen molar-refractivity contribution in [3.63, 3.8) is 0 Å². The number of allylic oxidation sites excluding steroid dienone is 1. The highest BCUT2D eigenvalue weighted by Crippen LogP contribution is 2.64. The zero-order valence-corrected chi connectivity index (χ0v) is 26.8. The topological polar surface area (TPSA) is 99.9 Å². The summed E-state index contributed by atoms with van der Waals surface area (Å²) in [7, 11) is 0. The Morgan fingerprint density at radius 3 is 2.34 bits per heavy atom. The average Bonchev–Trinajstić information content (AvgIpc) is 3.23. The van der Waals surface area contributed by atoms with Crippen LogP contribution in [0.15, 0.2) is 23.3 Å². The van der Waals surface area contributed by atoms with Crippen molar-refractivity contribution in [2.45, 2.75) is 119 Å². The number of nitrogens with zero attached hydrogens (tertiary/aromatic N) is 2. The van der Waals surface area contributed by atoms with Crippen LogP contribution in [0.3, 0.4) is 0 Å². The Bertz CT molecular complexity index is 1360. The third kappa shape index (κ3) is 4.07. The smallest absolute Gasteiger partial charge is 0.342 e. The minimum atomic E-state index is -1.87. The van der Waals surface area contributed by atoms with E-state index in [4.69, 9.17) is 14.2 Å². The fourth-order valence-electron chi connectivity index (χ4n) is 8.12. The van der Waals surface area contributed by atoms with Gasteiger partial charge >= 0.3 is 5.97 Å². The van der Waals surface area contributed by atoms with Crippen molar-refractivity contribution >= 4 is 11.8 Å². The van der Waals surface area contributed by atoms with Crippen LogP contribution in [0.5, 0.6) is 0 Å². The van der Waals surface area contributed by atoms with E-state index in [0.29, 0.717) is 22.5 Å². The van der Waals surface area contributed by atoms with Gasteiger partial charge in [-0.05, 0) is 90.2 Å². The molecule has 5 rings (SSSR count). The second-order valence-electron chi connectivity index (χ2n) is 15.1. The molecule has 8 heteroatoms. The molecule has 1 N–H and O–H groups in total. The lowest BCUT2D eigenvalue weighted by Gasteiger charge is -2.52. The summed E-state index contributed by atoms with van der Waals surface area (Å²) in [4.78, 5) is 28.9. The van der Waals surface area contributed by atoms with Gasteiger partial charge in [-0.25, -0.2) is 4.79 Å². The molecule has 2 unspecified atom stereocenters. The molecule has 1 aromatic rings. The minimum absolute atomic E-state index is 0.0454. The molecule has 0 aromatic carbocycles. The molecular formula is C33H48N2O6. The van der Waals surface area contributed by atoms with E-state index in [1.54, 1.807) is 6.92 Å². The number of aliphatic hydroxyl groups is 1. The second kappa shape index (κ2) is 9.10. The highest BCUT2D eigenvalue weighted by atomic mass is 16.7. The van der Waals surface area contributed by atoms with Gasteiger partial charge in [0.1, 0.15) is 11.7 Å². The molecule has 2 fully saturated rings. The summed E-state index contributed by atoms with van der Waals surface area (Å²) in [6, 6.07) is 0. The zero-order valence-electron chi connectivity index (χ0n) is 26.8. The molecule has 1 spiro atoms. The van der Waals surface area contributed by atoms with Gasteiger partial charge < -0.3 is 19.3 Å². The molecule has 2 heterocycles. The van der Waals surface area contributed by atoms with Gasteiger partial charge in [-0.2, -0.15) is 5.10 Å². The van der Waals surface area contributed by atoms with Crippen molar-refractivity contribution < 1.29 is 28.9 Å². The first-order chi connectivity index (χ1) is 18.7. The molecule has 1 aliphatic heterocycles. The van der Waals surface area contributed by atoms with Gasteiger partial charge in [-0.3, -0.25) is 9.48 Å². The third-order valence-corrected chi connectivity index (χ3v) is 10.6. The maximum absolute atomic E-state index is 14.9. The summed E-state index contributed by atoms with van der Waals surface area (Å²) < 4.78 is 20.7. The number of hydrogen-bond donors (Lipinski definition) is 1. The lowest BCUT2D eigenvalue weighted by molar-refractivity contribution is -0.302. The number of ketones is 1. The van der Waals surface area contributed by atoms with E-state index in [1.165, 1.54) is 0 Å². The number of hydrogen-bond acceptors (Lipinski definition) is 7. The van der Waals surface area contributed by atoms with Crippen LogP contribution in [-0.4, -0.2) is 56.8 Å². The first-order valence-corrected chi connectivity index (χ1v) is 15.0. The van der Waals surface area contributed by atoms with E-state index in [1.807, 2.05) is 72.2 Å². The third-order valence-electron chi connectivity index (χ3n) is 10.6. The molecule has 1 saturated carbocycles. The van der Waals surface area contributed by atoms with Crippen LogP contribution < -0.4 is 0 Å². The maximum Gasteiger partial charge on any atom is 0.342 e.